The van der Waals surface area contributed by atoms with Crippen LogP contribution in [-0.2, 0) is 4.79 Å². The van der Waals surface area contributed by atoms with Crippen LogP contribution in [-0.4, -0.2) is 21.8 Å². The molecule has 1 atom stereocenters. The van der Waals surface area contributed by atoms with E-state index in [2.05, 4.69) is 12.2 Å². The number of amidine groups is 1. The number of amides is 1. The highest BCUT2D eigenvalue weighted by Crippen LogP contribution is 2.31. The summed E-state index contributed by atoms with van der Waals surface area (Å²) in [6.45, 7) is 4.10. The predicted octanol–water partition coefficient (Wildman–Crippen LogP) is 3.04. The highest BCUT2D eigenvalue weighted by Gasteiger charge is 2.35. The zero-order valence-electron chi connectivity index (χ0n) is 16.1. The molecule has 0 radical (unpaired) electrons. The molecule has 0 bridgehead atoms. The quantitative estimate of drug-likeness (QED) is 0.762. The predicted molar refractivity (Wildman–Crippen MR) is 111 cm³/mol. The van der Waals surface area contributed by atoms with E-state index in [0.717, 1.165) is 28.5 Å². The zero-order chi connectivity index (χ0) is 19.5. The van der Waals surface area contributed by atoms with Crippen molar-refractivity contribution in [3.63, 3.8) is 0 Å². The molecule has 0 unspecified atom stereocenters. The molecule has 2 aliphatic rings. The normalized spacial score (nSPS) is 18.1. The number of nitrogens with one attached hydrogen (secondary N) is 1. The Morgan fingerprint density at radius 2 is 2.04 bits per heavy atom. The number of nitrogens with zero attached hydrogens (tertiary/aromatic N) is 3. The molecule has 0 saturated heterocycles. The number of thioether (sulfide) groups is 1. The summed E-state index contributed by atoms with van der Waals surface area (Å²) in [6.07, 6.45) is 4.26. The van der Waals surface area contributed by atoms with Crippen molar-refractivity contribution in [2.75, 3.05) is 5.75 Å². The van der Waals surface area contributed by atoms with Gasteiger partial charge in [0.05, 0.1) is 5.36 Å². The molecule has 2 aromatic rings. The maximum Gasteiger partial charge on any atom is 0.276 e. The molecule has 2 aliphatic heterocycles. The van der Waals surface area contributed by atoms with E-state index in [1.807, 2.05) is 43.3 Å². The van der Waals surface area contributed by atoms with Gasteiger partial charge in [-0.1, -0.05) is 56.1 Å². The van der Waals surface area contributed by atoms with Crippen LogP contribution >= 0.6 is 11.8 Å². The monoisotopic (exact) mass is 396 g/mol. The Balaban J connectivity index is 1.69. The zero-order valence-corrected chi connectivity index (χ0v) is 17.0. The van der Waals surface area contributed by atoms with Gasteiger partial charge in [0.25, 0.3) is 5.91 Å². The number of para-hydroxylation sites is 1. The van der Waals surface area contributed by atoms with E-state index in [4.69, 9.17) is 14.5 Å². The van der Waals surface area contributed by atoms with Gasteiger partial charge < -0.3 is 4.42 Å². The number of carbonyl (C=O) groups excluding carboxylic acids is 1. The highest BCUT2D eigenvalue weighted by molar-refractivity contribution is 8.13. The van der Waals surface area contributed by atoms with E-state index in [-0.39, 0.29) is 5.91 Å². The maximum absolute atomic E-state index is 13.0. The van der Waals surface area contributed by atoms with Crippen LogP contribution in [0.15, 0.2) is 50.9 Å². The minimum absolute atomic E-state index is 0.151. The van der Waals surface area contributed by atoms with Gasteiger partial charge in [-0.15, -0.1) is 5.10 Å². The van der Waals surface area contributed by atoms with Gasteiger partial charge in [-0.05, 0) is 31.5 Å². The van der Waals surface area contributed by atoms with E-state index in [1.54, 1.807) is 16.8 Å². The second kappa shape index (κ2) is 8.22. The topological polar surface area (TPSA) is 70.2 Å². The molecule has 3 heterocycles. The van der Waals surface area contributed by atoms with Gasteiger partial charge in [-0.3, -0.25) is 10.1 Å². The third kappa shape index (κ3) is 3.71. The van der Waals surface area contributed by atoms with Crippen molar-refractivity contribution >= 4 is 28.5 Å². The Bertz CT molecular complexity index is 1030. The van der Waals surface area contributed by atoms with Crippen molar-refractivity contribution in [2.45, 2.75) is 45.7 Å². The van der Waals surface area contributed by atoms with Crippen molar-refractivity contribution in [1.29, 1.82) is 0 Å². The Kier molecular flexibility index (Phi) is 5.52. The van der Waals surface area contributed by atoms with E-state index in [0.29, 0.717) is 16.6 Å². The minimum Gasteiger partial charge on any atom is -0.462 e. The maximum atomic E-state index is 13.0. The molecule has 1 N–H and O–H groups in total. The summed E-state index contributed by atoms with van der Waals surface area (Å²) in [5, 5.41) is 11.6. The van der Waals surface area contributed by atoms with Gasteiger partial charge >= 0.3 is 0 Å². The van der Waals surface area contributed by atoms with E-state index >= 15 is 0 Å². The first-order chi connectivity index (χ1) is 13.7. The molecule has 1 aromatic carbocycles. The molecule has 7 heteroatoms. The number of carbonyl (C=O) groups is 1. The van der Waals surface area contributed by atoms with Crippen LogP contribution in [0.4, 0.5) is 0 Å². The lowest BCUT2D eigenvalue weighted by Crippen LogP contribution is -2.50. The fraction of sp³-hybridized carbons (Fsp3) is 0.381. The average molecular weight is 397 g/mol. The summed E-state index contributed by atoms with van der Waals surface area (Å²) in [4.78, 5) is 17.8. The number of unbranched alkanes of at least 4 members (excludes halogenated alkanes) is 3. The summed E-state index contributed by atoms with van der Waals surface area (Å²) in [5.41, 5.74) is 0.514. The molecule has 0 spiro atoms. The molecule has 0 fully saturated rings. The molecule has 28 heavy (non-hydrogen) atoms. The van der Waals surface area contributed by atoms with Gasteiger partial charge in [0.15, 0.2) is 10.9 Å². The Morgan fingerprint density at radius 1 is 1.18 bits per heavy atom. The van der Waals surface area contributed by atoms with Crippen LogP contribution < -0.4 is 15.9 Å². The molecule has 0 aliphatic carbocycles. The molecule has 0 saturated carbocycles. The molecule has 146 valence electrons. The van der Waals surface area contributed by atoms with Crippen LogP contribution in [0.25, 0.3) is 5.70 Å². The number of furan rings is 1. The van der Waals surface area contributed by atoms with Crippen molar-refractivity contribution in [2.24, 2.45) is 10.1 Å². The highest BCUT2D eigenvalue weighted by atomic mass is 32.2. The van der Waals surface area contributed by atoms with Crippen LogP contribution in [0, 0.1) is 6.92 Å². The van der Waals surface area contributed by atoms with Crippen molar-refractivity contribution in [1.82, 2.24) is 10.3 Å². The van der Waals surface area contributed by atoms with Crippen molar-refractivity contribution in [3.05, 3.63) is 58.5 Å². The third-order valence-corrected chi connectivity index (χ3v) is 5.72. The van der Waals surface area contributed by atoms with Crippen LogP contribution in [0.3, 0.4) is 0 Å². The second-order valence-corrected chi connectivity index (χ2v) is 8.01. The fourth-order valence-electron chi connectivity index (χ4n) is 3.37. The van der Waals surface area contributed by atoms with Gasteiger partial charge in [0.1, 0.15) is 11.5 Å². The minimum atomic E-state index is -0.486. The van der Waals surface area contributed by atoms with Crippen LogP contribution in [0.1, 0.15) is 50.3 Å². The fourth-order valence-corrected chi connectivity index (χ4v) is 4.22. The summed E-state index contributed by atoms with van der Waals surface area (Å²) in [5.74, 6) is 2.26. The Hall–Kier alpha value is -2.54. The van der Waals surface area contributed by atoms with Gasteiger partial charge in [-0.25, -0.2) is 10.0 Å². The average Bonchev–Trinajstić information content (AvgIpc) is 3.13. The van der Waals surface area contributed by atoms with E-state index in [9.17, 15) is 4.79 Å². The van der Waals surface area contributed by atoms with Gasteiger partial charge in [0.2, 0.25) is 6.17 Å². The van der Waals surface area contributed by atoms with Crippen molar-refractivity contribution < 1.29 is 9.21 Å². The molecule has 6 nitrogen and oxygen atoms in total. The molecule has 1 amide bonds. The Labute approximate surface area is 168 Å². The lowest BCUT2D eigenvalue weighted by atomic mass is 10.1. The number of hydrogen-bond acceptors (Lipinski definition) is 6. The summed E-state index contributed by atoms with van der Waals surface area (Å²) < 4.78 is 5.83. The summed E-state index contributed by atoms with van der Waals surface area (Å²) in [7, 11) is 0. The first-order valence-electron chi connectivity index (χ1n) is 9.73. The smallest absolute Gasteiger partial charge is 0.276 e. The number of aryl methyl sites for hydroxylation is 1. The molecule has 1 aromatic heterocycles. The van der Waals surface area contributed by atoms with E-state index < -0.39 is 6.17 Å². The van der Waals surface area contributed by atoms with E-state index in [1.165, 1.54) is 19.3 Å². The molecular formula is C21H24N4O2S. The Morgan fingerprint density at radius 3 is 2.82 bits per heavy atom. The number of benzene rings is 1. The molecule has 4 rings (SSSR count). The third-order valence-electron chi connectivity index (χ3n) is 4.77. The number of rotatable bonds is 6. The lowest BCUT2D eigenvalue weighted by molar-refractivity contribution is -0.116. The first-order valence-corrected chi connectivity index (χ1v) is 10.7. The summed E-state index contributed by atoms with van der Waals surface area (Å²) >= 11 is 1.58. The summed E-state index contributed by atoms with van der Waals surface area (Å²) in [6, 6.07) is 11.5. The largest absolute Gasteiger partial charge is 0.462 e. The van der Waals surface area contributed by atoms with Crippen LogP contribution in [0.2, 0.25) is 0 Å². The SMILES string of the molecule is CCCCCCSC1=NN2C(=c3ccccc3=N[C@H]2c2ccc(C)o2)C(=O)N1. The number of fused-ring (bicyclic) bond motifs is 2. The number of hydrogen-bond donors (Lipinski definition) is 1. The van der Waals surface area contributed by atoms with Gasteiger partial charge in [0, 0.05) is 11.0 Å². The lowest BCUT2D eigenvalue weighted by Gasteiger charge is -2.32. The van der Waals surface area contributed by atoms with Crippen molar-refractivity contribution in [3.8, 4) is 0 Å². The van der Waals surface area contributed by atoms with Crippen LogP contribution in [0.5, 0.6) is 0 Å². The second-order valence-electron chi connectivity index (χ2n) is 6.93. The first kappa shape index (κ1) is 18.8. The molecular weight excluding hydrogens is 372 g/mol. The number of hydrazone groups is 1. The standard InChI is InChI=1S/C21H24N4O2S/c1-3-4-5-8-13-28-21-23-20(26)18-15-9-6-7-10-16(15)22-19(25(18)24-21)17-12-11-14(2)27-17/h6-7,9-12,19H,3-5,8,13H2,1-2H3,(H,23,24,26)/t19-/m1/s1. The van der Waals surface area contributed by atoms with Gasteiger partial charge in [-0.2, -0.15) is 0 Å².